The quantitative estimate of drug-likeness (QED) is 0.875. The van der Waals surface area contributed by atoms with E-state index in [2.05, 4.69) is 12.2 Å². The zero-order valence-corrected chi connectivity index (χ0v) is 14.1. The van der Waals surface area contributed by atoms with Gasteiger partial charge in [-0.05, 0) is 43.4 Å². The SMILES string of the molecule is Cc1cc(=O)oc2cc(OCC(=O)N[C@H]3CCCC[C@H]3C)ccc12. The molecule has 1 heterocycles. The summed E-state index contributed by atoms with van der Waals surface area (Å²) in [6.45, 7) is 4.00. The van der Waals surface area contributed by atoms with Crippen molar-refractivity contribution in [3.8, 4) is 5.75 Å². The highest BCUT2D eigenvalue weighted by Gasteiger charge is 2.22. The van der Waals surface area contributed by atoms with Gasteiger partial charge in [0.05, 0.1) is 0 Å². The Bertz CT molecular complexity index is 796. The lowest BCUT2D eigenvalue weighted by molar-refractivity contribution is -0.124. The number of benzene rings is 1. The van der Waals surface area contributed by atoms with E-state index in [0.29, 0.717) is 17.3 Å². The van der Waals surface area contributed by atoms with E-state index in [0.717, 1.165) is 23.8 Å². The fraction of sp³-hybridized carbons (Fsp3) is 0.474. The number of rotatable bonds is 4. The summed E-state index contributed by atoms with van der Waals surface area (Å²) < 4.78 is 10.7. The predicted octanol–water partition coefficient (Wildman–Crippen LogP) is 3.18. The van der Waals surface area contributed by atoms with E-state index < -0.39 is 0 Å². The van der Waals surface area contributed by atoms with E-state index in [-0.39, 0.29) is 24.2 Å². The molecule has 1 aliphatic rings. The maximum absolute atomic E-state index is 12.1. The molecule has 128 valence electrons. The third-order valence-electron chi connectivity index (χ3n) is 4.75. The summed E-state index contributed by atoms with van der Waals surface area (Å²) in [5.41, 5.74) is 0.941. The van der Waals surface area contributed by atoms with Crippen LogP contribution in [0, 0.1) is 12.8 Å². The number of nitrogens with one attached hydrogen (secondary N) is 1. The molecule has 1 aromatic carbocycles. The van der Waals surface area contributed by atoms with Gasteiger partial charge in [-0.3, -0.25) is 4.79 Å². The van der Waals surface area contributed by atoms with Gasteiger partial charge in [0.25, 0.3) is 5.91 Å². The first-order chi connectivity index (χ1) is 11.5. The van der Waals surface area contributed by atoms with Crippen LogP contribution in [0.2, 0.25) is 0 Å². The second-order valence-electron chi connectivity index (χ2n) is 6.63. The highest BCUT2D eigenvalue weighted by atomic mass is 16.5. The van der Waals surface area contributed by atoms with Crippen molar-refractivity contribution in [3.05, 3.63) is 40.2 Å². The Morgan fingerprint density at radius 2 is 2.08 bits per heavy atom. The van der Waals surface area contributed by atoms with Crippen LogP contribution in [-0.2, 0) is 4.79 Å². The first kappa shape index (κ1) is 16.6. The maximum atomic E-state index is 12.1. The number of carbonyl (C=O) groups is 1. The van der Waals surface area contributed by atoms with Crippen molar-refractivity contribution in [2.24, 2.45) is 5.92 Å². The van der Waals surface area contributed by atoms with Crippen LogP contribution < -0.4 is 15.7 Å². The number of ether oxygens (including phenoxy) is 1. The Balaban J connectivity index is 1.62. The van der Waals surface area contributed by atoms with Crippen molar-refractivity contribution in [2.75, 3.05) is 6.61 Å². The minimum absolute atomic E-state index is 0.0369. The molecule has 1 saturated carbocycles. The molecule has 1 N–H and O–H groups in total. The van der Waals surface area contributed by atoms with Gasteiger partial charge in [-0.25, -0.2) is 4.79 Å². The summed E-state index contributed by atoms with van der Waals surface area (Å²) in [4.78, 5) is 23.6. The molecule has 0 radical (unpaired) electrons. The summed E-state index contributed by atoms with van der Waals surface area (Å²) in [5, 5.41) is 3.92. The van der Waals surface area contributed by atoms with Crippen molar-refractivity contribution in [2.45, 2.75) is 45.6 Å². The van der Waals surface area contributed by atoms with Crippen molar-refractivity contribution < 1.29 is 13.9 Å². The van der Waals surface area contributed by atoms with E-state index in [1.807, 2.05) is 13.0 Å². The molecule has 2 atom stereocenters. The summed E-state index contributed by atoms with van der Waals surface area (Å²) >= 11 is 0. The lowest BCUT2D eigenvalue weighted by atomic mass is 9.86. The van der Waals surface area contributed by atoms with E-state index in [9.17, 15) is 9.59 Å². The predicted molar refractivity (Wildman–Crippen MR) is 92.3 cm³/mol. The van der Waals surface area contributed by atoms with E-state index in [1.54, 1.807) is 12.1 Å². The Kier molecular flexibility index (Phi) is 4.88. The highest BCUT2D eigenvalue weighted by Crippen LogP contribution is 2.24. The van der Waals surface area contributed by atoms with Gasteiger partial charge in [0.15, 0.2) is 6.61 Å². The second-order valence-corrected chi connectivity index (χ2v) is 6.63. The van der Waals surface area contributed by atoms with Crippen molar-refractivity contribution in [1.29, 1.82) is 0 Å². The molecule has 1 aromatic heterocycles. The number of aryl methyl sites for hydroxylation is 1. The molecule has 0 spiro atoms. The number of fused-ring (bicyclic) bond motifs is 1. The average Bonchev–Trinajstić information content (AvgIpc) is 2.54. The van der Waals surface area contributed by atoms with Crippen LogP contribution >= 0.6 is 0 Å². The van der Waals surface area contributed by atoms with Crippen molar-refractivity contribution in [1.82, 2.24) is 5.32 Å². The largest absolute Gasteiger partial charge is 0.484 e. The number of amides is 1. The average molecular weight is 329 g/mol. The first-order valence-electron chi connectivity index (χ1n) is 8.49. The van der Waals surface area contributed by atoms with Crippen LogP contribution in [0.5, 0.6) is 5.75 Å². The molecule has 3 rings (SSSR count). The van der Waals surface area contributed by atoms with Gasteiger partial charge in [0, 0.05) is 23.6 Å². The van der Waals surface area contributed by atoms with E-state index >= 15 is 0 Å². The van der Waals surface area contributed by atoms with Gasteiger partial charge in [-0.1, -0.05) is 19.8 Å². The molecule has 5 heteroatoms. The number of hydrogen-bond acceptors (Lipinski definition) is 4. The summed E-state index contributed by atoms with van der Waals surface area (Å²) in [5.74, 6) is 0.920. The van der Waals surface area contributed by atoms with Crippen LogP contribution in [-0.4, -0.2) is 18.6 Å². The molecule has 0 bridgehead atoms. The maximum Gasteiger partial charge on any atom is 0.336 e. The Morgan fingerprint density at radius 1 is 1.29 bits per heavy atom. The van der Waals surface area contributed by atoms with Crippen LogP contribution in [0.1, 0.15) is 38.2 Å². The zero-order valence-electron chi connectivity index (χ0n) is 14.1. The van der Waals surface area contributed by atoms with E-state index in [1.165, 1.54) is 18.9 Å². The Hall–Kier alpha value is -2.30. The summed E-state index contributed by atoms with van der Waals surface area (Å²) in [6.07, 6.45) is 4.60. The normalized spacial score (nSPS) is 20.8. The Morgan fingerprint density at radius 3 is 2.88 bits per heavy atom. The fourth-order valence-electron chi connectivity index (χ4n) is 3.32. The minimum atomic E-state index is -0.388. The molecule has 1 amide bonds. The van der Waals surface area contributed by atoms with Crippen LogP contribution in [0.25, 0.3) is 11.0 Å². The van der Waals surface area contributed by atoms with Gasteiger partial charge in [0.1, 0.15) is 11.3 Å². The van der Waals surface area contributed by atoms with Crippen molar-refractivity contribution >= 4 is 16.9 Å². The molecule has 5 nitrogen and oxygen atoms in total. The summed E-state index contributed by atoms with van der Waals surface area (Å²) in [6, 6.07) is 6.98. The lowest BCUT2D eigenvalue weighted by Gasteiger charge is -2.29. The molecular formula is C19H23NO4. The second kappa shape index (κ2) is 7.07. The monoisotopic (exact) mass is 329 g/mol. The van der Waals surface area contributed by atoms with Gasteiger partial charge >= 0.3 is 5.63 Å². The molecule has 24 heavy (non-hydrogen) atoms. The molecule has 2 aromatic rings. The number of hydrogen-bond donors (Lipinski definition) is 1. The smallest absolute Gasteiger partial charge is 0.336 e. The molecular weight excluding hydrogens is 306 g/mol. The van der Waals surface area contributed by atoms with Gasteiger partial charge < -0.3 is 14.5 Å². The van der Waals surface area contributed by atoms with Crippen LogP contribution in [0.15, 0.2) is 33.5 Å². The molecule has 0 saturated heterocycles. The highest BCUT2D eigenvalue weighted by molar-refractivity contribution is 5.81. The van der Waals surface area contributed by atoms with Gasteiger partial charge in [-0.15, -0.1) is 0 Å². The van der Waals surface area contributed by atoms with Crippen molar-refractivity contribution in [3.63, 3.8) is 0 Å². The molecule has 0 unspecified atom stereocenters. The van der Waals surface area contributed by atoms with Crippen LogP contribution in [0.3, 0.4) is 0 Å². The standard InChI is InChI=1S/C19H23NO4/c1-12-5-3-4-6-16(12)20-18(21)11-23-14-7-8-15-13(2)9-19(22)24-17(15)10-14/h7-10,12,16H,3-6,11H2,1-2H3,(H,20,21)/t12-,16+/m1/s1. The zero-order chi connectivity index (χ0) is 17.1. The third kappa shape index (κ3) is 3.78. The first-order valence-corrected chi connectivity index (χ1v) is 8.49. The summed E-state index contributed by atoms with van der Waals surface area (Å²) in [7, 11) is 0. The van der Waals surface area contributed by atoms with E-state index in [4.69, 9.17) is 9.15 Å². The number of carbonyl (C=O) groups excluding carboxylic acids is 1. The third-order valence-corrected chi connectivity index (χ3v) is 4.75. The lowest BCUT2D eigenvalue weighted by Crippen LogP contribution is -2.43. The minimum Gasteiger partial charge on any atom is -0.484 e. The molecule has 1 aliphatic carbocycles. The molecule has 1 fully saturated rings. The molecule has 0 aliphatic heterocycles. The Labute approximate surface area is 141 Å². The topological polar surface area (TPSA) is 68.5 Å². The van der Waals surface area contributed by atoms with Gasteiger partial charge in [0.2, 0.25) is 0 Å². The van der Waals surface area contributed by atoms with Gasteiger partial charge in [-0.2, -0.15) is 0 Å². The fourth-order valence-corrected chi connectivity index (χ4v) is 3.32. The van der Waals surface area contributed by atoms with Crippen LogP contribution in [0.4, 0.5) is 0 Å².